The summed E-state index contributed by atoms with van der Waals surface area (Å²) in [5.74, 6) is -8.35. The fourth-order valence-corrected chi connectivity index (χ4v) is 1.31. The molecule has 1 amide bonds. The van der Waals surface area contributed by atoms with E-state index in [9.17, 15) is 27.2 Å². The van der Waals surface area contributed by atoms with Crippen molar-refractivity contribution in [3.63, 3.8) is 0 Å². The van der Waals surface area contributed by atoms with Crippen LogP contribution >= 0.6 is 0 Å². The van der Waals surface area contributed by atoms with Crippen molar-refractivity contribution in [1.82, 2.24) is 0 Å². The van der Waals surface area contributed by atoms with E-state index in [0.717, 1.165) is 6.07 Å². The van der Waals surface area contributed by atoms with Gasteiger partial charge in [-0.3, -0.25) is 4.79 Å². The summed E-state index contributed by atoms with van der Waals surface area (Å²) in [7, 11) is 0. The summed E-state index contributed by atoms with van der Waals surface area (Å²) in [6.45, 7) is 1.26. The number of hydrogen-bond acceptors (Lipinski definition) is 2. The van der Waals surface area contributed by atoms with Gasteiger partial charge in [-0.15, -0.1) is 0 Å². The van der Waals surface area contributed by atoms with E-state index in [0.29, 0.717) is 0 Å². The number of alkyl halides is 4. The molecule has 2 N–H and O–H groups in total. The summed E-state index contributed by atoms with van der Waals surface area (Å²) >= 11 is 0. The Labute approximate surface area is 105 Å². The van der Waals surface area contributed by atoms with E-state index in [1.165, 1.54) is 19.1 Å². The van der Waals surface area contributed by atoms with Crippen LogP contribution in [-0.2, 0) is 4.79 Å². The molecule has 4 nitrogen and oxygen atoms in total. The van der Waals surface area contributed by atoms with Crippen LogP contribution in [0.4, 0.5) is 23.2 Å². The molecule has 0 aliphatic rings. The second-order valence-electron chi connectivity index (χ2n) is 3.66. The molecule has 0 aliphatic carbocycles. The van der Waals surface area contributed by atoms with Crippen molar-refractivity contribution in [2.45, 2.75) is 19.3 Å². The molecule has 1 rings (SSSR count). The van der Waals surface area contributed by atoms with Crippen LogP contribution in [0.15, 0.2) is 18.2 Å². The fourth-order valence-electron chi connectivity index (χ4n) is 1.31. The molecule has 0 unspecified atom stereocenters. The van der Waals surface area contributed by atoms with Crippen molar-refractivity contribution in [1.29, 1.82) is 0 Å². The average Bonchev–Trinajstić information content (AvgIpc) is 2.30. The molecule has 0 fully saturated rings. The number of rotatable bonds is 4. The second-order valence-corrected chi connectivity index (χ2v) is 3.66. The first-order valence-corrected chi connectivity index (χ1v) is 4.98. The molecule has 1 aromatic carbocycles. The maximum absolute atomic E-state index is 12.7. The van der Waals surface area contributed by atoms with Gasteiger partial charge in [-0.1, -0.05) is 6.07 Å². The SMILES string of the molecule is Cc1c(NC(=O)C(F)(F)C(F)F)cccc1C(=O)O. The zero-order chi connectivity index (χ0) is 14.8. The Balaban J connectivity index is 3.05. The number of amides is 1. The molecule has 1 aromatic rings. The average molecular weight is 279 g/mol. The lowest BCUT2D eigenvalue weighted by molar-refractivity contribution is -0.163. The van der Waals surface area contributed by atoms with Crippen molar-refractivity contribution in [3.05, 3.63) is 29.3 Å². The minimum Gasteiger partial charge on any atom is -0.478 e. The van der Waals surface area contributed by atoms with Crippen LogP contribution in [0.3, 0.4) is 0 Å². The Hall–Kier alpha value is -2.12. The van der Waals surface area contributed by atoms with E-state index in [-0.39, 0.29) is 16.8 Å². The smallest absolute Gasteiger partial charge is 0.383 e. The highest BCUT2D eigenvalue weighted by Gasteiger charge is 2.49. The van der Waals surface area contributed by atoms with Crippen molar-refractivity contribution >= 4 is 17.6 Å². The Morgan fingerprint density at radius 1 is 1.32 bits per heavy atom. The van der Waals surface area contributed by atoms with Gasteiger partial charge in [0.1, 0.15) is 0 Å². The van der Waals surface area contributed by atoms with E-state index < -0.39 is 24.2 Å². The van der Waals surface area contributed by atoms with Gasteiger partial charge in [-0.25, -0.2) is 13.6 Å². The van der Waals surface area contributed by atoms with Crippen LogP contribution in [0.1, 0.15) is 15.9 Å². The summed E-state index contributed by atoms with van der Waals surface area (Å²) < 4.78 is 49.4. The van der Waals surface area contributed by atoms with Crippen LogP contribution in [0.25, 0.3) is 0 Å². The number of carbonyl (C=O) groups excluding carboxylic acids is 1. The lowest BCUT2D eigenvalue weighted by Crippen LogP contribution is -2.41. The Kier molecular flexibility index (Phi) is 4.13. The molecule has 8 heteroatoms. The van der Waals surface area contributed by atoms with E-state index in [4.69, 9.17) is 5.11 Å². The van der Waals surface area contributed by atoms with Crippen molar-refractivity contribution in [2.24, 2.45) is 0 Å². The molecule has 0 heterocycles. The number of anilines is 1. The molecule has 0 radical (unpaired) electrons. The number of carboxylic acid groups (broad SMARTS) is 1. The third-order valence-corrected chi connectivity index (χ3v) is 2.39. The highest BCUT2D eigenvalue weighted by Crippen LogP contribution is 2.26. The Morgan fingerprint density at radius 2 is 1.89 bits per heavy atom. The van der Waals surface area contributed by atoms with Crippen molar-refractivity contribution in [3.8, 4) is 0 Å². The maximum atomic E-state index is 12.7. The molecule has 0 saturated heterocycles. The van der Waals surface area contributed by atoms with Crippen LogP contribution < -0.4 is 5.32 Å². The zero-order valence-corrected chi connectivity index (χ0v) is 9.58. The third kappa shape index (κ3) is 3.01. The van der Waals surface area contributed by atoms with Gasteiger partial charge in [-0.05, 0) is 24.6 Å². The minimum absolute atomic E-state index is 0.00610. The van der Waals surface area contributed by atoms with Gasteiger partial charge in [-0.2, -0.15) is 8.78 Å². The predicted molar refractivity (Wildman–Crippen MR) is 57.7 cm³/mol. The maximum Gasteiger partial charge on any atom is 0.383 e. The van der Waals surface area contributed by atoms with Crippen molar-refractivity contribution in [2.75, 3.05) is 5.32 Å². The molecular formula is C11H9F4NO3. The van der Waals surface area contributed by atoms with Crippen LogP contribution in [-0.4, -0.2) is 29.3 Å². The molecule has 19 heavy (non-hydrogen) atoms. The van der Waals surface area contributed by atoms with E-state index in [1.807, 2.05) is 0 Å². The predicted octanol–water partition coefficient (Wildman–Crippen LogP) is 2.53. The van der Waals surface area contributed by atoms with E-state index in [2.05, 4.69) is 0 Å². The van der Waals surface area contributed by atoms with Gasteiger partial charge in [0.2, 0.25) is 0 Å². The van der Waals surface area contributed by atoms with Crippen LogP contribution in [0, 0.1) is 6.92 Å². The van der Waals surface area contributed by atoms with Crippen molar-refractivity contribution < 1.29 is 32.3 Å². The third-order valence-electron chi connectivity index (χ3n) is 2.39. The molecule has 0 saturated carbocycles. The number of carbonyl (C=O) groups is 2. The summed E-state index contributed by atoms with van der Waals surface area (Å²) in [5, 5.41) is 10.4. The zero-order valence-electron chi connectivity index (χ0n) is 9.58. The molecule has 0 atom stereocenters. The number of hydrogen-bond donors (Lipinski definition) is 2. The summed E-state index contributed by atoms with van der Waals surface area (Å²) in [5.41, 5.74) is -0.489. The lowest BCUT2D eigenvalue weighted by Gasteiger charge is -2.16. The molecule has 0 spiro atoms. The standard InChI is InChI=1S/C11H9F4NO3/c1-5-6(8(17)18)3-2-4-7(5)16-10(19)11(14,15)9(12)13/h2-4,9H,1H3,(H,16,19)(H,17,18). The molecule has 104 valence electrons. The van der Waals surface area contributed by atoms with Gasteiger partial charge in [0, 0.05) is 5.69 Å². The number of nitrogens with one attached hydrogen (secondary N) is 1. The normalized spacial score (nSPS) is 11.5. The summed E-state index contributed by atoms with van der Waals surface area (Å²) in [4.78, 5) is 21.8. The quantitative estimate of drug-likeness (QED) is 0.832. The number of halogens is 4. The Morgan fingerprint density at radius 3 is 2.37 bits per heavy atom. The number of aromatic carboxylic acids is 1. The number of carboxylic acids is 1. The Bertz CT molecular complexity index is 517. The first-order valence-electron chi connectivity index (χ1n) is 4.98. The highest BCUT2D eigenvalue weighted by atomic mass is 19.3. The summed E-state index contributed by atoms with van der Waals surface area (Å²) in [6.07, 6.45) is -4.14. The van der Waals surface area contributed by atoms with Gasteiger partial charge < -0.3 is 10.4 Å². The minimum atomic E-state index is -4.84. The lowest BCUT2D eigenvalue weighted by atomic mass is 10.1. The highest BCUT2D eigenvalue weighted by molar-refractivity contribution is 5.99. The van der Waals surface area contributed by atoms with Gasteiger partial charge in [0.15, 0.2) is 0 Å². The largest absolute Gasteiger partial charge is 0.478 e. The van der Waals surface area contributed by atoms with Gasteiger partial charge in [0.25, 0.3) is 0 Å². The van der Waals surface area contributed by atoms with Crippen LogP contribution in [0.2, 0.25) is 0 Å². The van der Waals surface area contributed by atoms with E-state index >= 15 is 0 Å². The first-order chi connectivity index (χ1) is 8.67. The number of benzene rings is 1. The summed E-state index contributed by atoms with van der Waals surface area (Å²) in [6, 6.07) is 3.53. The molecule has 0 bridgehead atoms. The fraction of sp³-hybridized carbons (Fsp3) is 0.273. The van der Waals surface area contributed by atoms with Gasteiger partial charge >= 0.3 is 24.2 Å². The van der Waals surface area contributed by atoms with E-state index in [1.54, 1.807) is 5.32 Å². The topological polar surface area (TPSA) is 66.4 Å². The monoisotopic (exact) mass is 279 g/mol. The molecule has 0 aliphatic heterocycles. The molecule has 0 aromatic heterocycles. The molecular weight excluding hydrogens is 270 g/mol. The van der Waals surface area contributed by atoms with Gasteiger partial charge in [0.05, 0.1) is 5.56 Å². The first kappa shape index (κ1) is 14.9. The second kappa shape index (κ2) is 5.25. The van der Waals surface area contributed by atoms with Crippen LogP contribution in [0.5, 0.6) is 0 Å².